The number of hydrogen-bond donors (Lipinski definition) is 1. The lowest BCUT2D eigenvalue weighted by molar-refractivity contribution is -0.117. The minimum absolute atomic E-state index is 0.0954. The third-order valence-corrected chi connectivity index (χ3v) is 4.49. The topological polar surface area (TPSA) is 81.4 Å². The van der Waals surface area contributed by atoms with Gasteiger partial charge in [0.25, 0.3) is 0 Å². The van der Waals surface area contributed by atoms with Crippen molar-refractivity contribution in [3.8, 4) is 0 Å². The molecule has 0 aromatic carbocycles. The molecule has 7 heteroatoms. The van der Waals surface area contributed by atoms with Crippen molar-refractivity contribution in [2.45, 2.75) is 19.3 Å². The Morgan fingerprint density at radius 3 is 3.00 bits per heavy atom. The van der Waals surface area contributed by atoms with Crippen LogP contribution in [-0.2, 0) is 9.53 Å². The number of thiazole rings is 1. The largest absolute Gasteiger partial charge is 0.469 e. The molecule has 2 heterocycles. The molecule has 0 saturated heterocycles. The second-order valence-corrected chi connectivity index (χ2v) is 5.88. The Bertz CT molecular complexity index is 677. The molecule has 0 bridgehead atoms. The average molecular weight is 306 g/mol. The average Bonchev–Trinajstić information content (AvgIpc) is 2.91. The van der Waals surface area contributed by atoms with E-state index in [2.05, 4.69) is 15.0 Å². The number of hydrogen-bond acceptors (Lipinski definition) is 6. The van der Waals surface area contributed by atoms with Crippen LogP contribution >= 0.6 is 11.3 Å². The monoisotopic (exact) mass is 306 g/mol. The minimum atomic E-state index is -0.439. The predicted octanol–water partition coefficient (Wildman–Crippen LogP) is 2.57. The maximum atomic E-state index is 12.1. The molecule has 3 rings (SSSR count). The van der Waals surface area contributed by atoms with Crippen LogP contribution in [0.25, 0.3) is 0 Å². The molecular weight excluding hydrogens is 292 g/mol. The highest BCUT2D eigenvalue weighted by molar-refractivity contribution is 7.17. The van der Waals surface area contributed by atoms with Crippen LogP contribution in [0.1, 0.15) is 33.5 Å². The summed E-state index contributed by atoms with van der Waals surface area (Å²) < 4.78 is 9.97. The van der Waals surface area contributed by atoms with Crippen molar-refractivity contribution < 1.29 is 18.7 Å². The normalized spacial score (nSPS) is 20.1. The van der Waals surface area contributed by atoms with Crippen LogP contribution in [0.5, 0.6) is 0 Å². The number of nitrogens with zero attached hydrogens (tertiary/aromatic N) is 1. The van der Waals surface area contributed by atoms with Crippen LogP contribution in [0, 0.1) is 12.8 Å². The predicted molar refractivity (Wildman–Crippen MR) is 76.4 cm³/mol. The minimum Gasteiger partial charge on any atom is -0.469 e. The molecule has 0 radical (unpaired) electrons. The third kappa shape index (κ3) is 2.69. The summed E-state index contributed by atoms with van der Waals surface area (Å²) in [5.41, 5.74) is 0.556. The molecule has 1 aliphatic carbocycles. The molecule has 1 N–H and O–H groups in total. The highest BCUT2D eigenvalue weighted by atomic mass is 32.1. The second kappa shape index (κ2) is 5.33. The molecule has 110 valence electrons. The van der Waals surface area contributed by atoms with Crippen molar-refractivity contribution in [3.63, 3.8) is 0 Å². The Morgan fingerprint density at radius 2 is 2.33 bits per heavy atom. The molecular formula is C14H14N2O4S. The van der Waals surface area contributed by atoms with Gasteiger partial charge in [-0.05, 0) is 25.5 Å². The molecule has 2 aromatic heterocycles. The summed E-state index contributed by atoms with van der Waals surface area (Å²) in [5.74, 6) is 0.343. The van der Waals surface area contributed by atoms with E-state index in [-0.39, 0.29) is 17.7 Å². The highest BCUT2D eigenvalue weighted by Crippen LogP contribution is 2.48. The zero-order valence-electron chi connectivity index (χ0n) is 11.6. The Hall–Kier alpha value is -2.15. The standard InChI is InChI=1S/C14H14N2O4S/c1-7-11(13(18)19-2)21-14(15-7)16-12(17)9-6-8(9)10-4-3-5-20-10/h3-5,8-9H,6H2,1-2H3,(H,15,16,17)/t8-,9+/m0/s1. The van der Waals surface area contributed by atoms with Crippen molar-refractivity contribution in [3.05, 3.63) is 34.7 Å². The number of rotatable bonds is 4. The van der Waals surface area contributed by atoms with E-state index in [1.807, 2.05) is 12.1 Å². The Balaban J connectivity index is 1.65. The fourth-order valence-electron chi connectivity index (χ4n) is 2.23. The summed E-state index contributed by atoms with van der Waals surface area (Å²) >= 11 is 1.12. The first-order chi connectivity index (χ1) is 10.1. The molecule has 1 fully saturated rings. The molecule has 1 aliphatic rings. The van der Waals surface area contributed by atoms with E-state index < -0.39 is 5.97 Å². The molecule has 6 nitrogen and oxygen atoms in total. The zero-order chi connectivity index (χ0) is 15.0. The van der Waals surface area contributed by atoms with Crippen LogP contribution in [0.4, 0.5) is 5.13 Å². The van der Waals surface area contributed by atoms with E-state index in [1.165, 1.54) is 7.11 Å². The van der Waals surface area contributed by atoms with Crippen molar-refractivity contribution in [2.24, 2.45) is 5.92 Å². The first-order valence-electron chi connectivity index (χ1n) is 6.50. The highest BCUT2D eigenvalue weighted by Gasteiger charge is 2.46. The zero-order valence-corrected chi connectivity index (χ0v) is 12.4. The smallest absolute Gasteiger partial charge is 0.350 e. The van der Waals surface area contributed by atoms with Gasteiger partial charge in [-0.15, -0.1) is 0 Å². The summed E-state index contributed by atoms with van der Waals surface area (Å²) in [6.45, 7) is 1.71. The second-order valence-electron chi connectivity index (χ2n) is 4.88. The van der Waals surface area contributed by atoms with E-state index in [9.17, 15) is 9.59 Å². The Labute approximate surface area is 125 Å². The number of furan rings is 1. The molecule has 21 heavy (non-hydrogen) atoms. The number of carbonyl (C=O) groups excluding carboxylic acids is 2. The van der Waals surface area contributed by atoms with Crippen molar-refractivity contribution in [1.29, 1.82) is 0 Å². The van der Waals surface area contributed by atoms with Gasteiger partial charge in [0.05, 0.1) is 19.1 Å². The maximum absolute atomic E-state index is 12.1. The van der Waals surface area contributed by atoms with Gasteiger partial charge in [0.2, 0.25) is 5.91 Å². The van der Waals surface area contributed by atoms with Crippen LogP contribution in [0.15, 0.2) is 22.8 Å². The van der Waals surface area contributed by atoms with E-state index in [1.54, 1.807) is 13.2 Å². The van der Waals surface area contributed by atoms with Gasteiger partial charge in [-0.2, -0.15) is 0 Å². The number of carbonyl (C=O) groups is 2. The number of anilines is 1. The fraction of sp³-hybridized carbons (Fsp3) is 0.357. The molecule has 0 spiro atoms. The Kier molecular flexibility index (Phi) is 3.50. The van der Waals surface area contributed by atoms with E-state index in [0.29, 0.717) is 15.7 Å². The lowest BCUT2D eigenvalue weighted by atomic mass is 10.2. The van der Waals surface area contributed by atoms with Gasteiger partial charge in [-0.1, -0.05) is 11.3 Å². The van der Waals surface area contributed by atoms with Crippen LogP contribution in [-0.4, -0.2) is 24.0 Å². The summed E-state index contributed by atoms with van der Waals surface area (Å²) in [5, 5.41) is 3.17. The number of esters is 1. The summed E-state index contributed by atoms with van der Waals surface area (Å²) in [4.78, 5) is 28.2. The molecule has 1 saturated carbocycles. The van der Waals surface area contributed by atoms with Gasteiger partial charge in [-0.3, -0.25) is 4.79 Å². The first kappa shape index (κ1) is 13.8. The molecule has 1 amide bonds. The fourth-order valence-corrected chi connectivity index (χ4v) is 3.12. The van der Waals surface area contributed by atoms with Gasteiger partial charge < -0.3 is 14.5 Å². The van der Waals surface area contributed by atoms with E-state index in [0.717, 1.165) is 23.5 Å². The van der Waals surface area contributed by atoms with E-state index >= 15 is 0 Å². The van der Waals surface area contributed by atoms with Crippen LogP contribution in [0.2, 0.25) is 0 Å². The molecule has 2 atom stereocenters. The third-order valence-electron chi connectivity index (χ3n) is 3.43. The number of aryl methyl sites for hydroxylation is 1. The van der Waals surface area contributed by atoms with Gasteiger partial charge in [-0.25, -0.2) is 9.78 Å². The van der Waals surface area contributed by atoms with Gasteiger partial charge in [0.1, 0.15) is 10.6 Å². The number of aromatic nitrogens is 1. The van der Waals surface area contributed by atoms with Crippen LogP contribution < -0.4 is 5.32 Å². The number of nitrogens with one attached hydrogen (secondary N) is 1. The SMILES string of the molecule is COC(=O)c1sc(NC(=O)[C@@H]2C[C@@H]2c2ccco2)nc1C. The van der Waals surface area contributed by atoms with Crippen LogP contribution in [0.3, 0.4) is 0 Å². The summed E-state index contributed by atoms with van der Waals surface area (Å²) in [6.07, 6.45) is 2.38. The summed E-state index contributed by atoms with van der Waals surface area (Å²) in [6, 6.07) is 3.69. The number of amides is 1. The van der Waals surface area contributed by atoms with E-state index in [4.69, 9.17) is 4.42 Å². The lowest BCUT2D eigenvalue weighted by Gasteiger charge is -1.99. The van der Waals surface area contributed by atoms with Gasteiger partial charge in [0, 0.05) is 11.8 Å². The first-order valence-corrected chi connectivity index (χ1v) is 7.31. The molecule has 0 aliphatic heterocycles. The van der Waals surface area contributed by atoms with Crippen molar-refractivity contribution in [2.75, 3.05) is 12.4 Å². The number of ether oxygens (including phenoxy) is 1. The molecule has 0 unspecified atom stereocenters. The number of methoxy groups -OCH3 is 1. The van der Waals surface area contributed by atoms with Crippen molar-refractivity contribution >= 4 is 28.3 Å². The van der Waals surface area contributed by atoms with Crippen molar-refractivity contribution in [1.82, 2.24) is 4.98 Å². The quantitative estimate of drug-likeness (QED) is 0.878. The maximum Gasteiger partial charge on any atom is 0.350 e. The molecule has 2 aromatic rings. The van der Waals surface area contributed by atoms with Gasteiger partial charge >= 0.3 is 5.97 Å². The Morgan fingerprint density at radius 1 is 1.52 bits per heavy atom. The lowest BCUT2D eigenvalue weighted by Crippen LogP contribution is -2.14. The summed E-state index contributed by atoms with van der Waals surface area (Å²) in [7, 11) is 1.32. The van der Waals surface area contributed by atoms with Gasteiger partial charge in [0.15, 0.2) is 5.13 Å².